The van der Waals surface area contributed by atoms with Crippen molar-refractivity contribution >= 4 is 5.78 Å². The molecule has 4 nitrogen and oxygen atoms in total. The van der Waals surface area contributed by atoms with Gasteiger partial charge in [-0.3, -0.25) is 4.79 Å². The summed E-state index contributed by atoms with van der Waals surface area (Å²) in [6.45, 7) is 0. The molecular formula is C20H24O4. The molecule has 2 aromatic carbocycles. The normalized spacial score (nSPS) is 11.9. The molecule has 2 rings (SSSR count). The number of rotatable bonds is 9. The lowest BCUT2D eigenvalue weighted by atomic mass is 9.99. The molecule has 1 unspecified atom stereocenters. The molecule has 0 fully saturated rings. The van der Waals surface area contributed by atoms with E-state index in [9.17, 15) is 15.0 Å². The molecule has 2 N–H and O–H groups in total. The number of ether oxygens (including phenoxy) is 1. The molecule has 4 heteroatoms. The molecule has 0 heterocycles. The highest BCUT2D eigenvalue weighted by atomic mass is 16.5. The average Bonchev–Trinajstić information content (AvgIpc) is 2.60. The molecule has 0 spiro atoms. The topological polar surface area (TPSA) is 66.8 Å². The Balaban J connectivity index is 1.76. The molecule has 0 radical (unpaired) electrons. The monoisotopic (exact) mass is 328 g/mol. The number of aliphatic hydroxyl groups is 1. The van der Waals surface area contributed by atoms with Crippen molar-refractivity contribution in [2.75, 3.05) is 7.11 Å². The van der Waals surface area contributed by atoms with Crippen molar-refractivity contribution in [1.82, 2.24) is 0 Å². The maximum absolute atomic E-state index is 12.0. The highest BCUT2D eigenvalue weighted by molar-refractivity contribution is 5.79. The van der Waals surface area contributed by atoms with Crippen LogP contribution in [0.1, 0.15) is 30.4 Å². The van der Waals surface area contributed by atoms with Crippen molar-refractivity contribution in [3.05, 3.63) is 59.7 Å². The van der Waals surface area contributed by atoms with Gasteiger partial charge in [0, 0.05) is 12.8 Å². The molecule has 1 atom stereocenters. The third-order valence-electron chi connectivity index (χ3n) is 4.05. The molecule has 24 heavy (non-hydrogen) atoms. The van der Waals surface area contributed by atoms with Crippen molar-refractivity contribution in [2.24, 2.45) is 0 Å². The summed E-state index contributed by atoms with van der Waals surface area (Å²) in [7, 11) is 1.50. The molecule has 128 valence electrons. The van der Waals surface area contributed by atoms with Gasteiger partial charge in [-0.1, -0.05) is 42.5 Å². The molecule has 0 amide bonds. The third-order valence-corrected chi connectivity index (χ3v) is 4.05. The first-order chi connectivity index (χ1) is 11.6. The molecular weight excluding hydrogens is 304 g/mol. The van der Waals surface area contributed by atoms with E-state index < -0.39 is 6.10 Å². The van der Waals surface area contributed by atoms with E-state index in [1.54, 1.807) is 18.2 Å². The second-order valence-electron chi connectivity index (χ2n) is 5.89. The Morgan fingerprint density at radius 3 is 2.54 bits per heavy atom. The van der Waals surface area contributed by atoms with Crippen molar-refractivity contribution in [2.45, 2.75) is 38.2 Å². The molecule has 0 aliphatic carbocycles. The van der Waals surface area contributed by atoms with E-state index in [1.807, 2.05) is 30.3 Å². The van der Waals surface area contributed by atoms with Crippen molar-refractivity contribution in [3.8, 4) is 11.5 Å². The van der Waals surface area contributed by atoms with E-state index in [4.69, 9.17) is 4.74 Å². The van der Waals surface area contributed by atoms with Crippen LogP contribution >= 0.6 is 0 Å². The molecule has 0 aliphatic rings. The van der Waals surface area contributed by atoms with E-state index >= 15 is 0 Å². The minimum Gasteiger partial charge on any atom is -0.504 e. The summed E-state index contributed by atoms with van der Waals surface area (Å²) in [5.74, 6) is 0.574. The number of aryl methyl sites for hydroxylation is 2. The molecule has 2 aromatic rings. The van der Waals surface area contributed by atoms with Crippen molar-refractivity contribution in [3.63, 3.8) is 0 Å². The van der Waals surface area contributed by atoms with Crippen LogP contribution in [0, 0.1) is 0 Å². The predicted octanol–water partition coefficient (Wildman–Crippen LogP) is 3.29. The maximum atomic E-state index is 12.0. The van der Waals surface area contributed by atoms with E-state index in [-0.39, 0.29) is 18.0 Å². The number of aromatic hydroxyl groups is 1. The number of para-hydroxylation sites is 1. The zero-order valence-electron chi connectivity index (χ0n) is 13.9. The van der Waals surface area contributed by atoms with Crippen LogP contribution in [-0.4, -0.2) is 29.2 Å². The highest BCUT2D eigenvalue weighted by Crippen LogP contribution is 2.30. The second kappa shape index (κ2) is 9.08. The van der Waals surface area contributed by atoms with E-state index in [0.717, 1.165) is 5.56 Å². The number of hydrogen-bond acceptors (Lipinski definition) is 4. The Morgan fingerprint density at radius 2 is 1.83 bits per heavy atom. The van der Waals surface area contributed by atoms with Gasteiger partial charge in [-0.15, -0.1) is 0 Å². The number of ketones is 1. The van der Waals surface area contributed by atoms with Gasteiger partial charge in [0.1, 0.15) is 5.78 Å². The fraction of sp³-hybridized carbons (Fsp3) is 0.350. The first kappa shape index (κ1) is 18.0. The zero-order chi connectivity index (χ0) is 17.4. The van der Waals surface area contributed by atoms with E-state index in [0.29, 0.717) is 37.0 Å². The van der Waals surface area contributed by atoms with Gasteiger partial charge in [-0.2, -0.15) is 0 Å². The fourth-order valence-corrected chi connectivity index (χ4v) is 2.65. The van der Waals surface area contributed by atoms with Crippen molar-refractivity contribution < 1.29 is 19.7 Å². The third kappa shape index (κ3) is 5.39. The van der Waals surface area contributed by atoms with Gasteiger partial charge in [0.2, 0.25) is 0 Å². The summed E-state index contributed by atoms with van der Waals surface area (Å²) in [5, 5.41) is 20.1. The van der Waals surface area contributed by atoms with Crippen LogP contribution in [0.4, 0.5) is 0 Å². The number of methoxy groups -OCH3 is 1. The van der Waals surface area contributed by atoms with Crippen LogP contribution < -0.4 is 4.74 Å². The van der Waals surface area contributed by atoms with Gasteiger partial charge in [0.15, 0.2) is 11.5 Å². The number of carbonyl (C=O) groups is 1. The van der Waals surface area contributed by atoms with E-state index in [1.165, 1.54) is 7.11 Å². The SMILES string of the molecule is COc1cccc(CCC(O)CC(=O)CCc2ccccc2)c1O. The molecule has 0 aliphatic heterocycles. The molecule has 0 aromatic heterocycles. The lowest BCUT2D eigenvalue weighted by Crippen LogP contribution is -2.15. The maximum Gasteiger partial charge on any atom is 0.160 e. The van der Waals surface area contributed by atoms with Crippen molar-refractivity contribution in [1.29, 1.82) is 0 Å². The smallest absolute Gasteiger partial charge is 0.160 e. The Bertz CT molecular complexity index is 652. The Labute approximate surface area is 142 Å². The predicted molar refractivity (Wildman–Crippen MR) is 93.4 cm³/mol. The zero-order valence-corrected chi connectivity index (χ0v) is 13.9. The van der Waals surface area contributed by atoms with Crippen LogP contribution in [0.2, 0.25) is 0 Å². The number of carbonyl (C=O) groups excluding carboxylic acids is 1. The molecule has 0 saturated heterocycles. The lowest BCUT2D eigenvalue weighted by molar-refractivity contribution is -0.120. The summed E-state index contributed by atoms with van der Waals surface area (Å²) in [5.41, 5.74) is 1.84. The summed E-state index contributed by atoms with van der Waals surface area (Å²) < 4.78 is 5.06. The van der Waals surface area contributed by atoms with Gasteiger partial charge in [0.25, 0.3) is 0 Å². The average molecular weight is 328 g/mol. The Kier molecular flexibility index (Phi) is 6.82. The first-order valence-corrected chi connectivity index (χ1v) is 8.18. The lowest BCUT2D eigenvalue weighted by Gasteiger charge is -2.12. The van der Waals surface area contributed by atoms with Gasteiger partial charge in [0.05, 0.1) is 13.2 Å². The van der Waals surface area contributed by atoms with E-state index in [2.05, 4.69) is 0 Å². The number of hydrogen-bond donors (Lipinski definition) is 2. The first-order valence-electron chi connectivity index (χ1n) is 8.18. The Morgan fingerprint density at radius 1 is 1.08 bits per heavy atom. The van der Waals surface area contributed by atoms with Gasteiger partial charge in [-0.05, 0) is 36.5 Å². The number of benzene rings is 2. The van der Waals surface area contributed by atoms with Crippen LogP contribution in [0.15, 0.2) is 48.5 Å². The van der Waals surface area contributed by atoms with Crippen LogP contribution in [-0.2, 0) is 17.6 Å². The Hall–Kier alpha value is -2.33. The van der Waals surface area contributed by atoms with Gasteiger partial charge in [-0.25, -0.2) is 0 Å². The van der Waals surface area contributed by atoms with Gasteiger partial charge < -0.3 is 14.9 Å². The number of Topliss-reactive ketones (excluding diaryl/α,β-unsaturated/α-hetero) is 1. The largest absolute Gasteiger partial charge is 0.504 e. The van der Waals surface area contributed by atoms with Crippen LogP contribution in [0.25, 0.3) is 0 Å². The number of phenols is 1. The number of aliphatic hydroxyl groups excluding tert-OH is 1. The fourth-order valence-electron chi connectivity index (χ4n) is 2.65. The second-order valence-corrected chi connectivity index (χ2v) is 5.89. The van der Waals surface area contributed by atoms with Crippen LogP contribution in [0.3, 0.4) is 0 Å². The minimum atomic E-state index is -0.695. The van der Waals surface area contributed by atoms with Crippen LogP contribution in [0.5, 0.6) is 11.5 Å². The quantitative estimate of drug-likeness (QED) is 0.741. The van der Waals surface area contributed by atoms with Gasteiger partial charge >= 0.3 is 0 Å². The molecule has 0 saturated carbocycles. The summed E-state index contributed by atoms with van der Waals surface area (Å²) >= 11 is 0. The summed E-state index contributed by atoms with van der Waals surface area (Å²) in [6.07, 6.45) is 1.51. The highest BCUT2D eigenvalue weighted by Gasteiger charge is 2.13. The number of phenolic OH excluding ortho intramolecular Hbond substituents is 1. The molecule has 0 bridgehead atoms. The summed E-state index contributed by atoms with van der Waals surface area (Å²) in [4.78, 5) is 12.0. The standard InChI is InChI=1S/C20H24O4/c1-24-19-9-5-8-16(20(19)23)11-13-18(22)14-17(21)12-10-15-6-3-2-4-7-15/h2-9,18,22-23H,10-14H2,1H3. The minimum absolute atomic E-state index is 0.0567. The summed E-state index contributed by atoms with van der Waals surface area (Å²) in [6, 6.07) is 15.1.